The van der Waals surface area contributed by atoms with E-state index in [-0.39, 0.29) is 17.3 Å². The molecule has 7 heteroatoms. The van der Waals surface area contributed by atoms with Gasteiger partial charge >= 0.3 is 0 Å². The molecule has 0 aliphatic carbocycles. The maximum absolute atomic E-state index is 13.2. The summed E-state index contributed by atoms with van der Waals surface area (Å²) in [5.74, 6) is -0.984. The lowest BCUT2D eigenvalue weighted by molar-refractivity contribution is -0.384. The van der Waals surface area contributed by atoms with Crippen molar-refractivity contribution in [3.05, 3.63) is 34.1 Å². The van der Waals surface area contributed by atoms with Gasteiger partial charge in [-0.3, -0.25) is 14.9 Å². The monoisotopic (exact) mass is 281 g/mol. The molecule has 108 valence electrons. The Balaban J connectivity index is 2.27. The lowest BCUT2D eigenvalue weighted by Crippen LogP contribution is -2.50. The number of amides is 1. The Hall–Kier alpha value is -2.02. The Morgan fingerprint density at radius 2 is 2.35 bits per heavy atom. The molecule has 0 bridgehead atoms. The van der Waals surface area contributed by atoms with E-state index in [1.165, 1.54) is 0 Å². The van der Waals surface area contributed by atoms with E-state index in [0.717, 1.165) is 31.2 Å². The average Bonchev–Trinajstić information content (AvgIpc) is 2.88. The van der Waals surface area contributed by atoms with Crippen LogP contribution in [0.2, 0.25) is 0 Å². The molecule has 1 atom stereocenters. The quantitative estimate of drug-likeness (QED) is 0.654. The van der Waals surface area contributed by atoms with E-state index in [0.29, 0.717) is 12.8 Å². The number of anilines is 1. The van der Waals surface area contributed by atoms with Crippen LogP contribution in [0.5, 0.6) is 0 Å². The number of hydrogen-bond donors (Lipinski definition) is 2. The van der Waals surface area contributed by atoms with Crippen molar-refractivity contribution in [2.45, 2.75) is 31.7 Å². The van der Waals surface area contributed by atoms with Gasteiger partial charge in [-0.05, 0) is 31.9 Å². The largest absolute Gasteiger partial charge is 0.319 e. The molecule has 1 amide bonds. The molecule has 1 aromatic rings. The van der Waals surface area contributed by atoms with Gasteiger partial charge in [-0.25, -0.2) is 4.39 Å². The highest BCUT2D eigenvalue weighted by Crippen LogP contribution is 2.29. The molecular formula is C13H16FN3O3. The highest BCUT2D eigenvalue weighted by atomic mass is 19.1. The van der Waals surface area contributed by atoms with E-state index in [9.17, 15) is 19.3 Å². The van der Waals surface area contributed by atoms with Gasteiger partial charge in [0.05, 0.1) is 10.5 Å². The third kappa shape index (κ3) is 2.62. The molecule has 6 nitrogen and oxygen atoms in total. The Morgan fingerprint density at radius 1 is 1.60 bits per heavy atom. The van der Waals surface area contributed by atoms with Gasteiger partial charge in [0.2, 0.25) is 5.91 Å². The Kier molecular flexibility index (Phi) is 3.99. The number of nitro benzene ring substituents is 1. The van der Waals surface area contributed by atoms with Crippen molar-refractivity contribution in [3.63, 3.8) is 0 Å². The van der Waals surface area contributed by atoms with Gasteiger partial charge in [-0.15, -0.1) is 0 Å². The number of benzene rings is 1. The molecule has 2 rings (SSSR count). The fourth-order valence-electron chi connectivity index (χ4n) is 2.47. The van der Waals surface area contributed by atoms with Crippen molar-refractivity contribution >= 4 is 17.3 Å². The van der Waals surface area contributed by atoms with Crippen LogP contribution in [-0.4, -0.2) is 22.9 Å². The minimum Gasteiger partial charge on any atom is -0.319 e. The molecule has 1 aliphatic rings. The minimum absolute atomic E-state index is 0.110. The highest BCUT2D eigenvalue weighted by Gasteiger charge is 2.39. The summed E-state index contributed by atoms with van der Waals surface area (Å²) in [6.45, 7) is 2.60. The predicted octanol–water partition coefficient (Wildman–Crippen LogP) is 2.20. The molecule has 0 radical (unpaired) electrons. The third-order valence-corrected chi connectivity index (χ3v) is 3.69. The van der Waals surface area contributed by atoms with Gasteiger partial charge in [0.25, 0.3) is 5.69 Å². The molecule has 1 fully saturated rings. The van der Waals surface area contributed by atoms with Crippen LogP contribution >= 0.6 is 0 Å². The van der Waals surface area contributed by atoms with Gasteiger partial charge in [-0.2, -0.15) is 0 Å². The molecule has 1 saturated heterocycles. The van der Waals surface area contributed by atoms with Crippen LogP contribution in [0, 0.1) is 15.9 Å². The molecule has 0 aromatic heterocycles. The lowest BCUT2D eigenvalue weighted by Gasteiger charge is -2.26. The van der Waals surface area contributed by atoms with Crippen LogP contribution in [0.4, 0.5) is 15.8 Å². The maximum atomic E-state index is 13.2. The zero-order valence-electron chi connectivity index (χ0n) is 11.1. The first-order chi connectivity index (χ1) is 9.48. The highest BCUT2D eigenvalue weighted by molar-refractivity contribution is 5.99. The van der Waals surface area contributed by atoms with Crippen molar-refractivity contribution < 1.29 is 14.1 Å². The van der Waals surface area contributed by atoms with Gasteiger partial charge in [0, 0.05) is 12.1 Å². The molecule has 20 heavy (non-hydrogen) atoms. The third-order valence-electron chi connectivity index (χ3n) is 3.69. The van der Waals surface area contributed by atoms with Crippen molar-refractivity contribution in [2.75, 3.05) is 11.9 Å². The second-order valence-corrected chi connectivity index (χ2v) is 4.84. The van der Waals surface area contributed by atoms with E-state index in [1.807, 2.05) is 6.92 Å². The van der Waals surface area contributed by atoms with Crippen LogP contribution in [-0.2, 0) is 4.79 Å². The fourth-order valence-corrected chi connectivity index (χ4v) is 2.47. The normalized spacial score (nSPS) is 21.7. The first-order valence-corrected chi connectivity index (χ1v) is 6.49. The standard InChI is InChI=1S/C13H16FN3O3/c1-2-13(6-3-7-15-13)12(18)16-10-8-9(14)4-5-11(10)17(19)20/h4-5,8,15H,2-3,6-7H2,1H3,(H,16,18). The second-order valence-electron chi connectivity index (χ2n) is 4.84. The molecule has 1 aromatic carbocycles. The molecule has 1 heterocycles. The molecule has 0 saturated carbocycles. The topological polar surface area (TPSA) is 84.3 Å². The Bertz CT molecular complexity index is 542. The molecule has 1 aliphatic heterocycles. The summed E-state index contributed by atoms with van der Waals surface area (Å²) in [5, 5.41) is 16.5. The second kappa shape index (κ2) is 5.54. The lowest BCUT2D eigenvalue weighted by atomic mass is 9.93. The maximum Gasteiger partial charge on any atom is 0.292 e. The van der Waals surface area contributed by atoms with Crippen LogP contribution in [0.1, 0.15) is 26.2 Å². The van der Waals surface area contributed by atoms with E-state index >= 15 is 0 Å². The summed E-state index contributed by atoms with van der Waals surface area (Å²) >= 11 is 0. The molecule has 0 spiro atoms. The predicted molar refractivity (Wildman–Crippen MR) is 71.9 cm³/mol. The SMILES string of the molecule is CCC1(C(=O)Nc2cc(F)ccc2[N+](=O)[O-])CCCN1. The fraction of sp³-hybridized carbons (Fsp3) is 0.462. The number of rotatable bonds is 4. The number of nitrogens with zero attached hydrogens (tertiary/aromatic N) is 1. The minimum atomic E-state index is -0.722. The first-order valence-electron chi connectivity index (χ1n) is 6.49. The number of nitrogens with one attached hydrogen (secondary N) is 2. The van der Waals surface area contributed by atoms with Crippen molar-refractivity contribution in [2.24, 2.45) is 0 Å². The number of nitro groups is 1. The zero-order valence-corrected chi connectivity index (χ0v) is 11.1. The average molecular weight is 281 g/mol. The van der Waals surface area contributed by atoms with E-state index in [1.54, 1.807) is 0 Å². The van der Waals surface area contributed by atoms with Crippen LogP contribution in [0.25, 0.3) is 0 Å². The van der Waals surface area contributed by atoms with Crippen molar-refractivity contribution in [1.29, 1.82) is 0 Å². The Morgan fingerprint density at radius 3 is 2.90 bits per heavy atom. The summed E-state index contributed by atoms with van der Waals surface area (Å²) < 4.78 is 13.2. The molecule has 1 unspecified atom stereocenters. The van der Waals surface area contributed by atoms with E-state index in [4.69, 9.17) is 0 Å². The zero-order chi connectivity index (χ0) is 14.8. The number of carbonyl (C=O) groups is 1. The number of hydrogen-bond acceptors (Lipinski definition) is 4. The van der Waals surface area contributed by atoms with Crippen molar-refractivity contribution in [1.82, 2.24) is 5.32 Å². The summed E-state index contributed by atoms with van der Waals surface area (Å²) in [6, 6.07) is 3.01. The summed E-state index contributed by atoms with van der Waals surface area (Å²) in [5.41, 5.74) is -1.15. The van der Waals surface area contributed by atoms with E-state index in [2.05, 4.69) is 10.6 Å². The van der Waals surface area contributed by atoms with Gasteiger partial charge in [0.1, 0.15) is 11.5 Å². The van der Waals surface area contributed by atoms with Crippen LogP contribution in [0.3, 0.4) is 0 Å². The van der Waals surface area contributed by atoms with E-state index < -0.39 is 16.3 Å². The summed E-state index contributed by atoms with van der Waals surface area (Å²) in [4.78, 5) is 22.6. The molecule has 2 N–H and O–H groups in total. The summed E-state index contributed by atoms with van der Waals surface area (Å²) in [7, 11) is 0. The summed E-state index contributed by atoms with van der Waals surface area (Å²) in [6.07, 6.45) is 2.10. The smallest absolute Gasteiger partial charge is 0.292 e. The van der Waals surface area contributed by atoms with Gasteiger partial charge in [-0.1, -0.05) is 6.92 Å². The first kappa shape index (κ1) is 14.4. The van der Waals surface area contributed by atoms with Gasteiger partial charge < -0.3 is 10.6 Å². The number of halogens is 1. The van der Waals surface area contributed by atoms with Crippen LogP contribution < -0.4 is 10.6 Å². The Labute approximate surface area is 115 Å². The molecular weight excluding hydrogens is 265 g/mol. The van der Waals surface area contributed by atoms with Crippen molar-refractivity contribution in [3.8, 4) is 0 Å². The van der Waals surface area contributed by atoms with Crippen LogP contribution in [0.15, 0.2) is 18.2 Å². The van der Waals surface area contributed by atoms with Gasteiger partial charge in [0.15, 0.2) is 0 Å². The number of carbonyl (C=O) groups excluding carboxylic acids is 1.